The smallest absolute Gasteiger partial charge is 0.165 e. The van der Waals surface area contributed by atoms with Gasteiger partial charge in [0.25, 0.3) is 0 Å². The zero-order chi connectivity index (χ0) is 8.55. The molecule has 1 aliphatic heterocycles. The molecule has 1 atom stereocenters. The number of fused-ring (bicyclic) bond motifs is 1. The van der Waals surface area contributed by atoms with E-state index in [9.17, 15) is 4.79 Å². The van der Waals surface area contributed by atoms with Gasteiger partial charge in [-0.3, -0.25) is 4.79 Å². The Hall–Kier alpha value is -0.760. The molecule has 0 radical (unpaired) electrons. The summed E-state index contributed by atoms with van der Waals surface area (Å²) in [5.41, 5.74) is 0.903. The molecular weight excluding hydrogens is 168 g/mol. The lowest BCUT2D eigenvalue weighted by atomic mass is 10.1. The maximum Gasteiger partial charge on any atom is 0.165 e. The summed E-state index contributed by atoms with van der Waals surface area (Å²) in [6.07, 6.45) is 0.682. The molecule has 0 bridgehead atoms. The number of carbonyl (C=O) groups is 1. The molecule has 1 aromatic rings. The van der Waals surface area contributed by atoms with Gasteiger partial charge in [-0.25, -0.2) is 0 Å². The number of hydrogen-bond acceptors (Lipinski definition) is 2. The highest BCUT2D eigenvalue weighted by Gasteiger charge is 2.21. The molecule has 2 rings (SSSR count). The molecule has 0 unspecified atom stereocenters. The van der Waals surface area contributed by atoms with Crippen molar-refractivity contribution in [1.29, 1.82) is 0 Å². The topological polar surface area (TPSA) is 17.1 Å². The number of hydrogen-bond donors (Lipinski definition) is 0. The third-order valence-corrected chi connectivity index (χ3v) is 3.17. The lowest BCUT2D eigenvalue weighted by Gasteiger charge is -2.18. The van der Waals surface area contributed by atoms with Crippen molar-refractivity contribution in [2.24, 2.45) is 0 Å². The minimum absolute atomic E-state index is 0.289. The van der Waals surface area contributed by atoms with Crippen LogP contribution in [-0.2, 0) is 0 Å². The van der Waals surface area contributed by atoms with Gasteiger partial charge < -0.3 is 0 Å². The van der Waals surface area contributed by atoms with Crippen molar-refractivity contribution < 1.29 is 4.79 Å². The Bertz CT molecular complexity index is 319. The maximum absolute atomic E-state index is 11.5. The molecule has 0 aromatic heterocycles. The monoisotopic (exact) mass is 178 g/mol. The number of ketones is 1. The summed E-state index contributed by atoms with van der Waals surface area (Å²) >= 11 is 1.79. The van der Waals surface area contributed by atoms with Crippen LogP contribution >= 0.6 is 11.8 Å². The molecule has 0 fully saturated rings. The van der Waals surface area contributed by atoms with Gasteiger partial charge in [0, 0.05) is 22.1 Å². The lowest BCUT2D eigenvalue weighted by Crippen LogP contribution is -2.14. The van der Waals surface area contributed by atoms with Crippen molar-refractivity contribution in [2.75, 3.05) is 0 Å². The number of carbonyl (C=O) groups excluding carboxylic acids is 1. The number of rotatable bonds is 0. The van der Waals surface area contributed by atoms with E-state index in [0.717, 1.165) is 10.5 Å². The number of Topliss-reactive ketones (excluding diaryl/α,β-unsaturated/α-hetero) is 1. The highest BCUT2D eigenvalue weighted by atomic mass is 32.2. The fourth-order valence-corrected chi connectivity index (χ4v) is 2.56. The van der Waals surface area contributed by atoms with Crippen molar-refractivity contribution in [3.05, 3.63) is 29.8 Å². The van der Waals surface area contributed by atoms with Gasteiger partial charge in [0.1, 0.15) is 0 Å². The molecule has 62 valence electrons. The van der Waals surface area contributed by atoms with Crippen molar-refractivity contribution >= 4 is 17.5 Å². The van der Waals surface area contributed by atoms with Crippen LogP contribution in [0.1, 0.15) is 23.7 Å². The van der Waals surface area contributed by atoms with Gasteiger partial charge in [0.15, 0.2) is 5.78 Å². The molecule has 0 spiro atoms. The first-order chi connectivity index (χ1) is 5.77. The summed E-state index contributed by atoms with van der Waals surface area (Å²) in [7, 11) is 0. The van der Waals surface area contributed by atoms with E-state index in [1.54, 1.807) is 11.8 Å². The van der Waals surface area contributed by atoms with E-state index < -0.39 is 0 Å². The Labute approximate surface area is 76.2 Å². The number of thioether (sulfide) groups is 1. The highest BCUT2D eigenvalue weighted by molar-refractivity contribution is 8.00. The zero-order valence-electron chi connectivity index (χ0n) is 6.91. The summed E-state index contributed by atoms with van der Waals surface area (Å²) in [6, 6.07) is 7.84. The molecule has 1 heterocycles. The van der Waals surface area contributed by atoms with Crippen molar-refractivity contribution in [3.63, 3.8) is 0 Å². The second-order valence-corrected chi connectivity index (χ2v) is 4.53. The van der Waals surface area contributed by atoms with Crippen molar-refractivity contribution in [1.82, 2.24) is 0 Å². The third kappa shape index (κ3) is 1.27. The maximum atomic E-state index is 11.5. The van der Waals surface area contributed by atoms with Gasteiger partial charge in [-0.15, -0.1) is 11.8 Å². The zero-order valence-corrected chi connectivity index (χ0v) is 7.73. The fraction of sp³-hybridized carbons (Fsp3) is 0.300. The molecule has 0 amide bonds. The second-order valence-electron chi connectivity index (χ2n) is 3.05. The normalized spacial score (nSPS) is 22.1. The number of benzene rings is 1. The summed E-state index contributed by atoms with van der Waals surface area (Å²) in [5.74, 6) is 0.289. The van der Waals surface area contributed by atoms with E-state index in [1.807, 2.05) is 24.3 Å². The van der Waals surface area contributed by atoms with Crippen LogP contribution in [0.2, 0.25) is 0 Å². The largest absolute Gasteiger partial charge is 0.294 e. The predicted octanol–water partition coefficient (Wildman–Crippen LogP) is 2.75. The molecule has 0 N–H and O–H groups in total. The van der Waals surface area contributed by atoms with E-state index in [-0.39, 0.29) is 5.78 Å². The van der Waals surface area contributed by atoms with Crippen LogP contribution in [-0.4, -0.2) is 11.0 Å². The molecule has 0 aliphatic carbocycles. The average Bonchev–Trinajstić information content (AvgIpc) is 2.04. The first-order valence-corrected chi connectivity index (χ1v) is 4.94. The highest BCUT2D eigenvalue weighted by Crippen LogP contribution is 2.34. The lowest BCUT2D eigenvalue weighted by molar-refractivity contribution is 0.0978. The van der Waals surface area contributed by atoms with Crippen LogP contribution in [0, 0.1) is 0 Å². The van der Waals surface area contributed by atoms with Crippen molar-refractivity contribution in [3.8, 4) is 0 Å². The summed E-state index contributed by atoms with van der Waals surface area (Å²) < 4.78 is 0. The van der Waals surface area contributed by atoms with E-state index in [4.69, 9.17) is 0 Å². The first kappa shape index (κ1) is 7.87. The van der Waals surface area contributed by atoms with Gasteiger partial charge in [0.05, 0.1) is 0 Å². The van der Waals surface area contributed by atoms with Crippen molar-refractivity contribution in [2.45, 2.75) is 23.5 Å². The molecule has 2 heteroatoms. The van der Waals surface area contributed by atoms with Gasteiger partial charge in [-0.2, -0.15) is 0 Å². The molecule has 12 heavy (non-hydrogen) atoms. The Morgan fingerprint density at radius 1 is 1.42 bits per heavy atom. The predicted molar refractivity (Wildman–Crippen MR) is 50.7 cm³/mol. The molecule has 1 nitrogen and oxygen atoms in total. The average molecular weight is 178 g/mol. The van der Waals surface area contributed by atoms with E-state index >= 15 is 0 Å². The molecular formula is C10H10OS. The van der Waals surface area contributed by atoms with Crippen LogP contribution in [0.3, 0.4) is 0 Å². The van der Waals surface area contributed by atoms with Gasteiger partial charge in [0.2, 0.25) is 0 Å². The van der Waals surface area contributed by atoms with Gasteiger partial charge in [-0.1, -0.05) is 25.1 Å². The Kier molecular flexibility index (Phi) is 1.93. The summed E-state index contributed by atoms with van der Waals surface area (Å²) in [5, 5.41) is 0.437. The standard InChI is InChI=1S/C10H10OS/c1-7-6-9(11)8-4-2-3-5-10(8)12-7/h2-5,7H,6H2,1H3/t7-/m1/s1. The van der Waals surface area contributed by atoms with Gasteiger partial charge >= 0.3 is 0 Å². The Balaban J connectivity index is 2.47. The summed E-state index contributed by atoms with van der Waals surface area (Å²) in [4.78, 5) is 12.6. The van der Waals surface area contributed by atoms with E-state index in [2.05, 4.69) is 6.92 Å². The minimum Gasteiger partial charge on any atom is -0.294 e. The Morgan fingerprint density at radius 3 is 3.00 bits per heavy atom. The van der Waals surface area contributed by atoms with Crippen LogP contribution in [0.4, 0.5) is 0 Å². The molecule has 1 aromatic carbocycles. The molecule has 0 saturated carbocycles. The van der Waals surface area contributed by atoms with Crippen LogP contribution in [0.25, 0.3) is 0 Å². The van der Waals surface area contributed by atoms with Gasteiger partial charge in [-0.05, 0) is 6.07 Å². The molecule has 0 saturated heterocycles. The minimum atomic E-state index is 0.289. The first-order valence-electron chi connectivity index (χ1n) is 4.06. The Morgan fingerprint density at radius 2 is 2.17 bits per heavy atom. The van der Waals surface area contributed by atoms with E-state index in [0.29, 0.717) is 11.7 Å². The molecule has 1 aliphatic rings. The third-order valence-electron chi connectivity index (χ3n) is 1.99. The van der Waals surface area contributed by atoms with Crippen LogP contribution in [0.15, 0.2) is 29.2 Å². The second kappa shape index (κ2) is 2.94. The fourth-order valence-electron chi connectivity index (χ4n) is 1.43. The van der Waals surface area contributed by atoms with E-state index in [1.165, 1.54) is 0 Å². The van der Waals surface area contributed by atoms with Crippen LogP contribution < -0.4 is 0 Å². The van der Waals surface area contributed by atoms with Crippen LogP contribution in [0.5, 0.6) is 0 Å². The quantitative estimate of drug-likeness (QED) is 0.607. The SMILES string of the molecule is C[C@@H]1CC(=O)c2ccccc2S1. The summed E-state index contributed by atoms with van der Waals surface area (Å²) in [6.45, 7) is 2.10.